The Hall–Kier alpha value is -2.76. The van der Waals surface area contributed by atoms with Gasteiger partial charge in [-0.05, 0) is 23.8 Å². The van der Waals surface area contributed by atoms with Gasteiger partial charge in [-0.1, -0.05) is 30.3 Å². The first kappa shape index (κ1) is 22.5. The van der Waals surface area contributed by atoms with E-state index >= 15 is 0 Å². The quantitative estimate of drug-likeness (QED) is 0.288. The van der Waals surface area contributed by atoms with Crippen molar-refractivity contribution >= 4 is 29.9 Å². The lowest BCUT2D eigenvalue weighted by Crippen LogP contribution is -2.36. The molecule has 0 atom stereocenters. The minimum Gasteiger partial charge on any atom is -0.434 e. The summed E-state index contributed by atoms with van der Waals surface area (Å²) in [5.74, 6) is 0.691. The second kappa shape index (κ2) is 11.3. The van der Waals surface area contributed by atoms with E-state index in [1.807, 2.05) is 24.3 Å². The molecule has 0 saturated heterocycles. The predicted octanol–water partition coefficient (Wildman–Crippen LogP) is 3.35. The lowest BCUT2D eigenvalue weighted by molar-refractivity contribution is -0.0504. The Kier molecular flexibility index (Phi) is 8.77. The molecule has 0 amide bonds. The minimum atomic E-state index is -2.86. The zero-order valence-corrected chi connectivity index (χ0v) is 18.0. The van der Waals surface area contributed by atoms with E-state index in [1.54, 1.807) is 36.3 Å². The second-order valence-corrected chi connectivity index (χ2v) is 5.77. The van der Waals surface area contributed by atoms with Crippen LogP contribution in [0.1, 0.15) is 11.1 Å². The maximum atomic E-state index is 12.5. The molecular formula is C19H21F2IN6O. The Morgan fingerprint density at radius 3 is 2.48 bits per heavy atom. The van der Waals surface area contributed by atoms with Crippen molar-refractivity contribution < 1.29 is 13.5 Å². The fourth-order valence-corrected chi connectivity index (χ4v) is 2.55. The number of aliphatic imine (C=N–C) groups is 1. The van der Waals surface area contributed by atoms with E-state index in [4.69, 9.17) is 0 Å². The average molecular weight is 514 g/mol. The molecule has 2 aromatic carbocycles. The number of halogens is 3. The number of nitrogens with one attached hydrogen (secondary N) is 2. The first-order valence-corrected chi connectivity index (χ1v) is 8.57. The Morgan fingerprint density at radius 2 is 1.83 bits per heavy atom. The van der Waals surface area contributed by atoms with Crippen LogP contribution in [-0.2, 0) is 13.1 Å². The predicted molar refractivity (Wildman–Crippen MR) is 117 cm³/mol. The van der Waals surface area contributed by atoms with Crippen molar-refractivity contribution in [1.29, 1.82) is 0 Å². The van der Waals surface area contributed by atoms with Gasteiger partial charge in [-0.15, -0.1) is 24.0 Å². The average Bonchev–Trinajstić information content (AvgIpc) is 3.24. The van der Waals surface area contributed by atoms with Gasteiger partial charge in [-0.2, -0.15) is 13.9 Å². The van der Waals surface area contributed by atoms with Gasteiger partial charge < -0.3 is 15.4 Å². The summed E-state index contributed by atoms with van der Waals surface area (Å²) in [5, 5.41) is 10.4. The van der Waals surface area contributed by atoms with Gasteiger partial charge in [0.1, 0.15) is 18.4 Å². The van der Waals surface area contributed by atoms with E-state index < -0.39 is 6.61 Å². The van der Waals surface area contributed by atoms with Gasteiger partial charge in [-0.3, -0.25) is 4.99 Å². The number of para-hydroxylation sites is 1. The molecule has 0 spiro atoms. The van der Waals surface area contributed by atoms with Gasteiger partial charge in [0.2, 0.25) is 0 Å². The number of alkyl halides is 2. The van der Waals surface area contributed by atoms with Gasteiger partial charge in [0.05, 0.1) is 5.69 Å². The number of aromatic nitrogens is 3. The van der Waals surface area contributed by atoms with Gasteiger partial charge in [0, 0.05) is 25.7 Å². The number of ether oxygens (including phenoxy) is 1. The summed E-state index contributed by atoms with van der Waals surface area (Å²) in [6.07, 6.45) is 3.12. The van der Waals surface area contributed by atoms with Gasteiger partial charge in [-0.25, -0.2) is 9.67 Å². The maximum Gasteiger partial charge on any atom is 0.387 e. The zero-order chi connectivity index (χ0) is 19.8. The Morgan fingerprint density at radius 1 is 1.10 bits per heavy atom. The highest BCUT2D eigenvalue weighted by atomic mass is 127. The molecule has 2 N–H and O–H groups in total. The van der Waals surface area contributed by atoms with Crippen molar-refractivity contribution in [2.75, 3.05) is 7.05 Å². The summed E-state index contributed by atoms with van der Waals surface area (Å²) < 4.78 is 31.2. The maximum absolute atomic E-state index is 12.5. The van der Waals surface area contributed by atoms with Crippen LogP contribution in [0.3, 0.4) is 0 Å². The number of guanidine groups is 1. The van der Waals surface area contributed by atoms with Crippen molar-refractivity contribution in [2.24, 2.45) is 4.99 Å². The number of nitrogens with zero attached hydrogens (tertiary/aromatic N) is 4. The Bertz CT molecular complexity index is 903. The standard InChI is InChI=1S/C19H20F2N6O.HI/c1-22-19(25-11-15-4-2-3-5-17(15)28-18(20)21)24-10-14-6-8-16(9-7-14)27-13-23-12-26-27;/h2-9,12-13,18H,10-11H2,1H3,(H2,22,24,25);1H. The smallest absolute Gasteiger partial charge is 0.387 e. The van der Waals surface area contributed by atoms with Crippen LogP contribution in [0, 0.1) is 0 Å². The molecule has 7 nitrogen and oxygen atoms in total. The summed E-state index contributed by atoms with van der Waals surface area (Å²) in [6, 6.07) is 14.5. The van der Waals surface area contributed by atoms with Crippen LogP contribution in [0.2, 0.25) is 0 Å². The number of hydrogen-bond acceptors (Lipinski definition) is 4. The fraction of sp³-hybridized carbons (Fsp3) is 0.211. The summed E-state index contributed by atoms with van der Waals surface area (Å²) >= 11 is 0. The lowest BCUT2D eigenvalue weighted by Gasteiger charge is -2.14. The number of rotatable bonds is 7. The first-order chi connectivity index (χ1) is 13.7. The van der Waals surface area contributed by atoms with E-state index in [1.165, 1.54) is 12.4 Å². The monoisotopic (exact) mass is 514 g/mol. The van der Waals surface area contributed by atoms with Crippen LogP contribution in [0.15, 0.2) is 66.2 Å². The van der Waals surface area contributed by atoms with E-state index in [0.717, 1.165) is 11.3 Å². The Balaban J connectivity index is 0.00000300. The largest absolute Gasteiger partial charge is 0.434 e. The summed E-state index contributed by atoms with van der Waals surface area (Å²) in [4.78, 5) is 8.07. The molecule has 1 aromatic heterocycles. The summed E-state index contributed by atoms with van der Waals surface area (Å²) in [5.41, 5.74) is 2.58. The highest BCUT2D eigenvalue weighted by Gasteiger charge is 2.09. The normalized spacial score (nSPS) is 11.1. The minimum absolute atomic E-state index is 0. The van der Waals surface area contributed by atoms with Crippen LogP contribution in [-0.4, -0.2) is 34.4 Å². The van der Waals surface area contributed by atoms with Crippen LogP contribution in [0.5, 0.6) is 5.75 Å². The number of hydrogen-bond donors (Lipinski definition) is 2. The molecule has 0 aliphatic carbocycles. The van der Waals surface area contributed by atoms with Crippen molar-refractivity contribution in [2.45, 2.75) is 19.7 Å². The molecule has 0 fully saturated rings. The molecule has 1 heterocycles. The molecule has 3 rings (SSSR count). The highest BCUT2D eigenvalue weighted by molar-refractivity contribution is 14.0. The van der Waals surface area contributed by atoms with E-state index in [9.17, 15) is 8.78 Å². The molecule has 0 saturated carbocycles. The highest BCUT2D eigenvalue weighted by Crippen LogP contribution is 2.19. The third kappa shape index (κ3) is 6.66. The van der Waals surface area contributed by atoms with Crippen molar-refractivity contribution in [3.05, 3.63) is 72.3 Å². The molecule has 3 aromatic rings. The van der Waals surface area contributed by atoms with Gasteiger partial charge in [0.25, 0.3) is 0 Å². The summed E-state index contributed by atoms with van der Waals surface area (Å²) in [6.45, 7) is -2.01. The summed E-state index contributed by atoms with van der Waals surface area (Å²) in [7, 11) is 1.64. The molecule has 0 bridgehead atoms. The van der Waals surface area contributed by atoms with Gasteiger partial charge in [0.15, 0.2) is 5.96 Å². The van der Waals surface area contributed by atoms with Crippen LogP contribution < -0.4 is 15.4 Å². The third-order valence-corrected chi connectivity index (χ3v) is 3.94. The zero-order valence-electron chi connectivity index (χ0n) is 15.6. The van der Waals surface area contributed by atoms with Crippen molar-refractivity contribution in [3.8, 4) is 11.4 Å². The molecule has 0 unspecified atom stereocenters. The van der Waals surface area contributed by atoms with Crippen molar-refractivity contribution in [3.63, 3.8) is 0 Å². The fourth-order valence-electron chi connectivity index (χ4n) is 2.55. The molecule has 0 aliphatic rings. The molecule has 10 heteroatoms. The van der Waals surface area contributed by atoms with Crippen molar-refractivity contribution in [1.82, 2.24) is 25.4 Å². The van der Waals surface area contributed by atoms with E-state index in [2.05, 4.69) is 30.4 Å². The van der Waals surface area contributed by atoms with Crippen LogP contribution in [0.25, 0.3) is 5.69 Å². The number of benzene rings is 2. The van der Waals surface area contributed by atoms with Crippen LogP contribution in [0.4, 0.5) is 8.78 Å². The SMILES string of the molecule is CN=C(NCc1ccc(-n2cncn2)cc1)NCc1ccccc1OC(F)F.I. The molecular weight excluding hydrogens is 493 g/mol. The molecule has 154 valence electrons. The second-order valence-electron chi connectivity index (χ2n) is 5.77. The third-order valence-electron chi connectivity index (χ3n) is 3.94. The molecule has 0 aliphatic heterocycles. The Labute approximate surface area is 184 Å². The van der Waals surface area contributed by atoms with Crippen LogP contribution >= 0.6 is 24.0 Å². The van der Waals surface area contributed by atoms with Gasteiger partial charge >= 0.3 is 6.61 Å². The topological polar surface area (TPSA) is 76.4 Å². The van der Waals surface area contributed by atoms with E-state index in [-0.39, 0.29) is 29.7 Å². The lowest BCUT2D eigenvalue weighted by atomic mass is 10.2. The molecule has 29 heavy (non-hydrogen) atoms. The first-order valence-electron chi connectivity index (χ1n) is 8.57. The van der Waals surface area contributed by atoms with E-state index in [0.29, 0.717) is 24.6 Å². The molecule has 0 radical (unpaired) electrons.